The summed E-state index contributed by atoms with van der Waals surface area (Å²) in [6.45, 7) is 3.52. The second-order valence-electron chi connectivity index (χ2n) is 9.49. The van der Waals surface area contributed by atoms with Gasteiger partial charge < -0.3 is 10.2 Å². The Morgan fingerprint density at radius 3 is 2.00 bits per heavy atom. The number of amides is 1. The van der Waals surface area contributed by atoms with Crippen LogP contribution in [0.2, 0.25) is 5.02 Å². The maximum absolute atomic E-state index is 13.5. The van der Waals surface area contributed by atoms with E-state index in [-0.39, 0.29) is 16.3 Å². The van der Waals surface area contributed by atoms with Gasteiger partial charge in [0, 0.05) is 43.4 Å². The summed E-state index contributed by atoms with van der Waals surface area (Å²) in [4.78, 5) is 15.3. The number of carbonyl (C=O) groups is 1. The van der Waals surface area contributed by atoms with Gasteiger partial charge in [-0.1, -0.05) is 41.4 Å². The maximum Gasteiger partial charge on any atom is 0.243 e. The molecule has 1 saturated heterocycles. The molecule has 12 heteroatoms. The molecule has 0 unspecified atom stereocenters. The van der Waals surface area contributed by atoms with Crippen molar-refractivity contribution < 1.29 is 21.6 Å². The summed E-state index contributed by atoms with van der Waals surface area (Å²) in [5.41, 5.74) is 1.94. The molecular formula is C27H31ClN4O5S2. The molecule has 3 aromatic carbocycles. The summed E-state index contributed by atoms with van der Waals surface area (Å²) < 4.78 is 55.4. The molecule has 0 aromatic heterocycles. The molecule has 1 fully saturated rings. The molecule has 1 amide bonds. The number of halogens is 1. The van der Waals surface area contributed by atoms with Gasteiger partial charge in [0.2, 0.25) is 26.0 Å². The summed E-state index contributed by atoms with van der Waals surface area (Å²) >= 11 is 5.97. The van der Waals surface area contributed by atoms with Crippen molar-refractivity contribution in [1.82, 2.24) is 13.5 Å². The van der Waals surface area contributed by atoms with Crippen LogP contribution in [0.4, 0.5) is 5.69 Å². The largest absolute Gasteiger partial charge is 0.325 e. The van der Waals surface area contributed by atoms with Crippen LogP contribution in [0.15, 0.2) is 82.6 Å². The van der Waals surface area contributed by atoms with Gasteiger partial charge in [0.05, 0.1) is 16.3 Å². The molecule has 0 spiro atoms. The van der Waals surface area contributed by atoms with Crippen LogP contribution in [0.3, 0.4) is 0 Å². The van der Waals surface area contributed by atoms with E-state index in [0.29, 0.717) is 42.5 Å². The number of nitrogens with zero attached hydrogens (tertiary/aromatic N) is 3. The monoisotopic (exact) mass is 590 g/mol. The second kappa shape index (κ2) is 12.2. The summed E-state index contributed by atoms with van der Waals surface area (Å²) in [6, 6.07) is 19.0. The minimum absolute atomic E-state index is 0.0387. The Labute approximate surface area is 235 Å². The summed E-state index contributed by atoms with van der Waals surface area (Å²) in [7, 11) is -5.70. The van der Waals surface area contributed by atoms with Crippen LogP contribution in [0.5, 0.6) is 0 Å². The second-order valence-corrected chi connectivity index (χ2v) is 13.8. The number of rotatable bonds is 9. The molecule has 39 heavy (non-hydrogen) atoms. The Bertz CT molecular complexity index is 1500. The quantitative estimate of drug-likeness (QED) is 0.409. The lowest BCUT2D eigenvalue weighted by Gasteiger charge is -2.31. The molecule has 1 N–H and O–H groups in total. The molecule has 3 aromatic rings. The number of likely N-dealkylation sites (N-methyl/N-ethyl adjacent to an activating group) is 1. The molecular weight excluding hydrogens is 560 g/mol. The van der Waals surface area contributed by atoms with Crippen LogP contribution < -0.4 is 5.32 Å². The highest BCUT2D eigenvalue weighted by Gasteiger charge is 2.29. The fourth-order valence-electron chi connectivity index (χ4n) is 4.13. The van der Waals surface area contributed by atoms with Crippen molar-refractivity contribution in [2.45, 2.75) is 23.3 Å². The highest BCUT2D eigenvalue weighted by atomic mass is 35.5. The Morgan fingerprint density at radius 2 is 1.41 bits per heavy atom. The third kappa shape index (κ3) is 7.24. The lowest BCUT2D eigenvalue weighted by atomic mass is 10.2. The van der Waals surface area contributed by atoms with Crippen LogP contribution in [0, 0.1) is 6.92 Å². The van der Waals surface area contributed by atoms with Gasteiger partial charge in [0.25, 0.3) is 0 Å². The zero-order valence-corrected chi connectivity index (χ0v) is 24.1. The lowest BCUT2D eigenvalue weighted by molar-refractivity contribution is -0.116. The molecule has 0 saturated carbocycles. The van der Waals surface area contributed by atoms with E-state index in [4.69, 9.17) is 11.6 Å². The number of hydrogen-bond donors (Lipinski definition) is 1. The first kappa shape index (κ1) is 29.2. The number of aryl methyl sites for hydroxylation is 1. The number of nitrogens with one attached hydrogen (secondary N) is 1. The molecule has 208 valence electrons. The molecule has 0 atom stereocenters. The predicted octanol–water partition coefficient (Wildman–Crippen LogP) is 3.41. The van der Waals surface area contributed by atoms with E-state index >= 15 is 0 Å². The summed E-state index contributed by atoms with van der Waals surface area (Å²) in [5, 5.41) is 3.20. The highest BCUT2D eigenvalue weighted by Crippen LogP contribution is 2.22. The van der Waals surface area contributed by atoms with Gasteiger partial charge in [-0.05, 0) is 68.1 Å². The molecule has 1 heterocycles. The Morgan fingerprint density at radius 1 is 0.846 bits per heavy atom. The smallest absolute Gasteiger partial charge is 0.243 e. The van der Waals surface area contributed by atoms with E-state index in [2.05, 4.69) is 10.2 Å². The minimum atomic E-state index is -4.00. The number of hydrogen-bond acceptors (Lipinski definition) is 6. The standard InChI is InChI=1S/C27H31ClN4O5S2/c1-21-3-11-25(12-4-21)39(36,37)32(19-22-5-7-23(28)8-6-22)20-27(33)29-24-9-13-26(14-10-24)38(34,35)31-17-15-30(2)16-18-31/h3-14H,15-20H2,1-2H3,(H,29,33). The molecule has 0 radical (unpaired) electrons. The average molecular weight is 591 g/mol. The summed E-state index contributed by atoms with van der Waals surface area (Å²) in [6.07, 6.45) is 0. The number of benzene rings is 3. The van der Waals surface area contributed by atoms with Gasteiger partial charge in [-0.3, -0.25) is 4.79 Å². The average Bonchev–Trinajstić information content (AvgIpc) is 2.90. The summed E-state index contributed by atoms with van der Waals surface area (Å²) in [5.74, 6) is -0.561. The van der Waals surface area contributed by atoms with Gasteiger partial charge in [0.1, 0.15) is 0 Å². The van der Waals surface area contributed by atoms with Crippen molar-refractivity contribution in [1.29, 1.82) is 0 Å². The van der Waals surface area contributed by atoms with Crippen molar-refractivity contribution >= 4 is 43.2 Å². The van der Waals surface area contributed by atoms with E-state index in [1.165, 1.54) is 40.7 Å². The van der Waals surface area contributed by atoms with Crippen molar-refractivity contribution in [3.05, 3.63) is 88.9 Å². The lowest BCUT2D eigenvalue weighted by Crippen LogP contribution is -2.46. The van der Waals surface area contributed by atoms with E-state index in [9.17, 15) is 21.6 Å². The topological polar surface area (TPSA) is 107 Å². The number of carbonyl (C=O) groups excluding carboxylic acids is 1. The third-order valence-corrected chi connectivity index (χ3v) is 10.5. The number of piperazine rings is 1. The Balaban J connectivity index is 1.49. The molecule has 0 bridgehead atoms. The van der Waals surface area contributed by atoms with E-state index in [1.807, 2.05) is 14.0 Å². The van der Waals surface area contributed by atoms with E-state index in [0.717, 1.165) is 9.87 Å². The normalized spacial score (nSPS) is 15.4. The Hall–Kier alpha value is -2.80. The SMILES string of the molecule is Cc1ccc(S(=O)(=O)N(CC(=O)Nc2ccc(S(=O)(=O)N3CCN(C)CC3)cc2)Cc2ccc(Cl)cc2)cc1. The Kier molecular flexibility index (Phi) is 9.10. The number of sulfonamides is 2. The van der Waals surface area contributed by atoms with Gasteiger partial charge in [-0.25, -0.2) is 16.8 Å². The molecule has 1 aliphatic heterocycles. The van der Waals surface area contributed by atoms with Crippen molar-refractivity contribution in [3.63, 3.8) is 0 Å². The van der Waals surface area contributed by atoms with Crippen LogP contribution in [-0.4, -0.2) is 76.0 Å². The van der Waals surface area contributed by atoms with E-state index < -0.39 is 32.5 Å². The minimum Gasteiger partial charge on any atom is -0.325 e. The first-order chi connectivity index (χ1) is 18.4. The van der Waals surface area contributed by atoms with Crippen LogP contribution >= 0.6 is 11.6 Å². The predicted molar refractivity (Wildman–Crippen MR) is 152 cm³/mol. The van der Waals surface area contributed by atoms with Crippen molar-refractivity contribution in [2.75, 3.05) is 45.1 Å². The van der Waals surface area contributed by atoms with Crippen LogP contribution in [-0.2, 0) is 31.4 Å². The molecule has 9 nitrogen and oxygen atoms in total. The zero-order chi connectivity index (χ0) is 28.2. The molecule has 4 rings (SSSR count). The van der Waals surface area contributed by atoms with Crippen molar-refractivity contribution in [2.24, 2.45) is 0 Å². The van der Waals surface area contributed by atoms with Crippen LogP contribution in [0.1, 0.15) is 11.1 Å². The van der Waals surface area contributed by atoms with Gasteiger partial charge >= 0.3 is 0 Å². The molecule has 0 aliphatic carbocycles. The third-order valence-electron chi connectivity index (χ3n) is 6.49. The first-order valence-electron chi connectivity index (χ1n) is 12.3. The fraction of sp³-hybridized carbons (Fsp3) is 0.296. The number of anilines is 1. The fourth-order valence-corrected chi connectivity index (χ4v) is 7.06. The van der Waals surface area contributed by atoms with Gasteiger partial charge in [0.15, 0.2) is 0 Å². The zero-order valence-electron chi connectivity index (χ0n) is 21.7. The first-order valence-corrected chi connectivity index (χ1v) is 15.6. The maximum atomic E-state index is 13.5. The molecule has 1 aliphatic rings. The van der Waals surface area contributed by atoms with Gasteiger partial charge in [-0.2, -0.15) is 8.61 Å². The highest BCUT2D eigenvalue weighted by molar-refractivity contribution is 7.89. The van der Waals surface area contributed by atoms with Crippen LogP contribution in [0.25, 0.3) is 0 Å². The van der Waals surface area contributed by atoms with Crippen molar-refractivity contribution in [3.8, 4) is 0 Å². The van der Waals surface area contributed by atoms with Gasteiger partial charge in [-0.15, -0.1) is 0 Å². The van der Waals surface area contributed by atoms with E-state index in [1.54, 1.807) is 36.4 Å².